The zero-order chi connectivity index (χ0) is 9.97. The first-order chi connectivity index (χ1) is 6.75. The van der Waals surface area contributed by atoms with E-state index in [2.05, 4.69) is 20.4 Å². The molecule has 2 aromatic heterocycles. The van der Waals surface area contributed by atoms with E-state index in [0.717, 1.165) is 23.9 Å². The number of imidazole rings is 1. The summed E-state index contributed by atoms with van der Waals surface area (Å²) in [6.07, 6.45) is 3.60. The number of nitrogens with zero attached hydrogens (tertiary/aromatic N) is 3. The van der Waals surface area contributed by atoms with Crippen molar-refractivity contribution in [3.8, 4) is 0 Å². The van der Waals surface area contributed by atoms with Gasteiger partial charge in [0.05, 0.1) is 24.6 Å². The van der Waals surface area contributed by atoms with Crippen molar-refractivity contribution in [2.75, 3.05) is 5.32 Å². The van der Waals surface area contributed by atoms with Crippen molar-refractivity contribution in [2.45, 2.75) is 13.5 Å². The monoisotopic (exact) mass is 191 g/mol. The number of aromatic amines is 1. The molecular weight excluding hydrogens is 178 g/mol. The summed E-state index contributed by atoms with van der Waals surface area (Å²) in [5.41, 5.74) is 1.07. The van der Waals surface area contributed by atoms with E-state index >= 15 is 0 Å². The van der Waals surface area contributed by atoms with Gasteiger partial charge in [0.1, 0.15) is 11.6 Å². The molecule has 0 atom stereocenters. The van der Waals surface area contributed by atoms with Crippen LogP contribution in [0.5, 0.6) is 0 Å². The van der Waals surface area contributed by atoms with Crippen LogP contribution < -0.4 is 5.32 Å². The number of rotatable bonds is 3. The van der Waals surface area contributed by atoms with Gasteiger partial charge in [0, 0.05) is 13.1 Å². The first-order valence-electron chi connectivity index (χ1n) is 4.48. The van der Waals surface area contributed by atoms with E-state index in [1.165, 1.54) is 0 Å². The number of nitrogens with one attached hydrogen (secondary N) is 2. The van der Waals surface area contributed by atoms with Gasteiger partial charge in [-0.2, -0.15) is 5.10 Å². The van der Waals surface area contributed by atoms with Crippen LogP contribution in [0.1, 0.15) is 11.5 Å². The maximum absolute atomic E-state index is 4.12. The Kier molecular flexibility index (Phi) is 2.22. The minimum Gasteiger partial charge on any atom is -0.365 e. The Labute approximate surface area is 82.2 Å². The van der Waals surface area contributed by atoms with E-state index in [0.29, 0.717) is 0 Å². The minimum absolute atomic E-state index is 0.736. The molecule has 2 heterocycles. The van der Waals surface area contributed by atoms with Crippen molar-refractivity contribution in [1.29, 1.82) is 0 Å². The fourth-order valence-corrected chi connectivity index (χ4v) is 1.29. The van der Waals surface area contributed by atoms with Crippen molar-refractivity contribution in [3.63, 3.8) is 0 Å². The first-order valence-corrected chi connectivity index (χ1v) is 4.48. The zero-order valence-electron chi connectivity index (χ0n) is 8.28. The summed E-state index contributed by atoms with van der Waals surface area (Å²) in [7, 11) is 1.90. The van der Waals surface area contributed by atoms with Crippen molar-refractivity contribution in [3.05, 3.63) is 30.0 Å². The Bertz CT molecular complexity index is 414. The van der Waals surface area contributed by atoms with Crippen LogP contribution >= 0.6 is 0 Å². The molecule has 0 aromatic carbocycles. The SMILES string of the molecule is Cc1ncc(CNc2ccnn2C)[nH]1. The van der Waals surface area contributed by atoms with Gasteiger partial charge in [0.15, 0.2) is 0 Å². The molecule has 0 spiro atoms. The smallest absolute Gasteiger partial charge is 0.124 e. The molecule has 0 saturated heterocycles. The number of hydrogen-bond donors (Lipinski definition) is 2. The average Bonchev–Trinajstić information content (AvgIpc) is 2.72. The predicted molar refractivity (Wildman–Crippen MR) is 53.9 cm³/mol. The summed E-state index contributed by atoms with van der Waals surface area (Å²) in [4.78, 5) is 7.28. The molecule has 0 bridgehead atoms. The number of H-pyrrole nitrogens is 1. The third-order valence-electron chi connectivity index (χ3n) is 2.04. The number of aryl methyl sites for hydroxylation is 2. The summed E-state index contributed by atoms with van der Waals surface area (Å²) < 4.78 is 1.79. The molecule has 14 heavy (non-hydrogen) atoms. The molecule has 2 aromatic rings. The van der Waals surface area contributed by atoms with Gasteiger partial charge in [-0.25, -0.2) is 4.98 Å². The van der Waals surface area contributed by atoms with Crippen LogP contribution in [0.25, 0.3) is 0 Å². The van der Waals surface area contributed by atoms with E-state index < -0.39 is 0 Å². The van der Waals surface area contributed by atoms with Gasteiger partial charge in [-0.3, -0.25) is 4.68 Å². The van der Waals surface area contributed by atoms with Crippen LogP contribution in [-0.4, -0.2) is 19.7 Å². The summed E-state index contributed by atoms with van der Waals surface area (Å²) >= 11 is 0. The predicted octanol–water partition coefficient (Wildman–Crippen LogP) is 1.06. The Morgan fingerprint density at radius 1 is 1.57 bits per heavy atom. The topological polar surface area (TPSA) is 58.5 Å². The molecule has 0 aliphatic carbocycles. The molecule has 2 rings (SSSR count). The third-order valence-corrected chi connectivity index (χ3v) is 2.04. The number of anilines is 1. The second-order valence-electron chi connectivity index (χ2n) is 3.19. The van der Waals surface area contributed by atoms with Crippen molar-refractivity contribution >= 4 is 5.82 Å². The summed E-state index contributed by atoms with van der Waals surface area (Å²) in [5, 5.41) is 7.31. The third kappa shape index (κ3) is 1.76. The van der Waals surface area contributed by atoms with Crippen molar-refractivity contribution < 1.29 is 0 Å². The van der Waals surface area contributed by atoms with Gasteiger partial charge in [-0.1, -0.05) is 0 Å². The van der Waals surface area contributed by atoms with Gasteiger partial charge >= 0.3 is 0 Å². The molecule has 0 radical (unpaired) electrons. The molecular formula is C9H13N5. The largest absolute Gasteiger partial charge is 0.365 e. The minimum atomic E-state index is 0.736. The van der Waals surface area contributed by atoms with Gasteiger partial charge in [-0.15, -0.1) is 0 Å². The van der Waals surface area contributed by atoms with Crippen LogP contribution in [-0.2, 0) is 13.6 Å². The van der Waals surface area contributed by atoms with Crippen LogP contribution in [0.3, 0.4) is 0 Å². The maximum Gasteiger partial charge on any atom is 0.124 e. The lowest BCUT2D eigenvalue weighted by atomic mass is 10.4. The number of hydrogen-bond acceptors (Lipinski definition) is 3. The lowest BCUT2D eigenvalue weighted by Gasteiger charge is -2.03. The van der Waals surface area contributed by atoms with E-state index in [1.807, 2.05) is 26.2 Å². The second kappa shape index (κ2) is 3.53. The second-order valence-corrected chi connectivity index (χ2v) is 3.19. The maximum atomic E-state index is 4.12. The molecule has 2 N–H and O–H groups in total. The van der Waals surface area contributed by atoms with Gasteiger partial charge < -0.3 is 10.3 Å². The summed E-state index contributed by atoms with van der Waals surface area (Å²) in [6, 6.07) is 1.93. The molecule has 0 fully saturated rings. The molecule has 0 aliphatic rings. The van der Waals surface area contributed by atoms with Gasteiger partial charge in [-0.05, 0) is 6.92 Å². The summed E-state index contributed by atoms with van der Waals surface area (Å²) in [6.45, 7) is 2.67. The van der Waals surface area contributed by atoms with E-state index in [1.54, 1.807) is 10.9 Å². The van der Waals surface area contributed by atoms with Crippen LogP contribution in [0.2, 0.25) is 0 Å². The fraction of sp³-hybridized carbons (Fsp3) is 0.333. The Morgan fingerprint density at radius 2 is 2.43 bits per heavy atom. The Balaban J connectivity index is 1.98. The van der Waals surface area contributed by atoms with E-state index in [9.17, 15) is 0 Å². The zero-order valence-corrected chi connectivity index (χ0v) is 8.28. The normalized spacial score (nSPS) is 10.4. The highest BCUT2D eigenvalue weighted by atomic mass is 15.3. The molecule has 0 unspecified atom stereocenters. The van der Waals surface area contributed by atoms with Crippen molar-refractivity contribution in [1.82, 2.24) is 19.7 Å². The van der Waals surface area contributed by atoms with Crippen LogP contribution in [0.4, 0.5) is 5.82 Å². The number of aromatic nitrogens is 4. The lowest BCUT2D eigenvalue weighted by molar-refractivity contribution is 0.768. The fourth-order valence-electron chi connectivity index (χ4n) is 1.29. The Hall–Kier alpha value is -1.78. The van der Waals surface area contributed by atoms with Gasteiger partial charge in [0.2, 0.25) is 0 Å². The van der Waals surface area contributed by atoms with Crippen LogP contribution in [0.15, 0.2) is 18.5 Å². The van der Waals surface area contributed by atoms with Gasteiger partial charge in [0.25, 0.3) is 0 Å². The molecule has 0 aliphatic heterocycles. The van der Waals surface area contributed by atoms with E-state index in [-0.39, 0.29) is 0 Å². The highest BCUT2D eigenvalue weighted by Crippen LogP contribution is 2.05. The molecule has 74 valence electrons. The first kappa shape index (κ1) is 8.80. The average molecular weight is 191 g/mol. The van der Waals surface area contributed by atoms with Crippen LogP contribution in [0, 0.1) is 6.92 Å². The highest BCUT2D eigenvalue weighted by molar-refractivity contribution is 5.33. The van der Waals surface area contributed by atoms with E-state index in [4.69, 9.17) is 0 Å². The molecule has 5 nitrogen and oxygen atoms in total. The van der Waals surface area contributed by atoms with Crippen molar-refractivity contribution in [2.24, 2.45) is 7.05 Å². The standard InChI is InChI=1S/C9H13N5/c1-7-10-5-8(13-7)6-11-9-3-4-12-14(9)2/h3-5,11H,6H2,1-2H3,(H,10,13). The quantitative estimate of drug-likeness (QED) is 0.762. The molecule has 5 heteroatoms. The molecule has 0 saturated carbocycles. The summed E-state index contributed by atoms with van der Waals surface area (Å²) in [5.74, 6) is 1.93. The highest BCUT2D eigenvalue weighted by Gasteiger charge is 1.99. The Morgan fingerprint density at radius 3 is 3.00 bits per heavy atom. The lowest BCUT2D eigenvalue weighted by Crippen LogP contribution is -2.04. The molecule has 0 amide bonds.